The molecule has 0 rings (SSSR count). The lowest BCUT2D eigenvalue weighted by atomic mass is 10.00. The van der Waals surface area contributed by atoms with Crippen LogP contribution >= 0.6 is 0 Å². The van der Waals surface area contributed by atoms with Crippen molar-refractivity contribution in [2.24, 2.45) is 0 Å². The van der Waals surface area contributed by atoms with E-state index in [0.29, 0.717) is 12.8 Å². The summed E-state index contributed by atoms with van der Waals surface area (Å²) in [7, 11) is 0. The first kappa shape index (κ1) is 72.8. The van der Waals surface area contributed by atoms with Gasteiger partial charge in [-0.2, -0.15) is 0 Å². The maximum atomic E-state index is 12.6. The van der Waals surface area contributed by atoms with E-state index in [4.69, 9.17) is 0 Å². The fourth-order valence-corrected chi connectivity index (χ4v) is 10.9. The van der Waals surface area contributed by atoms with Crippen LogP contribution in [0.2, 0.25) is 0 Å². The first-order chi connectivity index (χ1) is 36.5. The summed E-state index contributed by atoms with van der Waals surface area (Å²) in [5, 5.41) is 44.2. The van der Waals surface area contributed by atoms with Crippen molar-refractivity contribution >= 4 is 5.91 Å². The molecule has 74 heavy (non-hydrogen) atoms. The highest BCUT2D eigenvalue weighted by Gasteiger charge is 2.28. The molecule has 0 aliphatic heterocycles. The highest BCUT2D eigenvalue weighted by Crippen LogP contribution is 2.19. The van der Waals surface area contributed by atoms with E-state index < -0.39 is 36.9 Å². The Labute approximate surface area is 463 Å². The number of allylic oxidation sites excluding steroid dienone is 4. The molecule has 0 heterocycles. The van der Waals surface area contributed by atoms with Crippen LogP contribution in [0.4, 0.5) is 0 Å². The van der Waals surface area contributed by atoms with Crippen LogP contribution in [0.15, 0.2) is 24.3 Å². The maximum Gasteiger partial charge on any atom is 0.249 e. The van der Waals surface area contributed by atoms with Crippen LogP contribution in [0.3, 0.4) is 0 Å². The van der Waals surface area contributed by atoms with E-state index in [1.807, 2.05) is 0 Å². The Balaban J connectivity index is 3.57. The molecule has 5 N–H and O–H groups in total. The van der Waals surface area contributed by atoms with Crippen molar-refractivity contribution in [2.75, 3.05) is 6.61 Å². The van der Waals surface area contributed by atoms with Gasteiger partial charge in [-0.25, -0.2) is 0 Å². The second-order valence-corrected chi connectivity index (χ2v) is 23.5. The number of amides is 1. The molecule has 0 bridgehead atoms. The Morgan fingerprint density at radius 1 is 0.324 bits per heavy atom. The fraction of sp³-hybridized carbons (Fsp3) is 0.926. The summed E-state index contributed by atoms with van der Waals surface area (Å²) in [5.74, 6) is -0.586. The highest BCUT2D eigenvalue weighted by molar-refractivity contribution is 5.80. The Morgan fingerprint density at radius 2 is 0.554 bits per heavy atom. The van der Waals surface area contributed by atoms with Crippen LogP contribution in [-0.2, 0) is 4.79 Å². The molecule has 440 valence electrons. The van der Waals surface area contributed by atoms with Crippen LogP contribution < -0.4 is 5.32 Å². The lowest BCUT2D eigenvalue weighted by Gasteiger charge is -2.27. The largest absolute Gasteiger partial charge is 0.394 e. The SMILES string of the molecule is CCCCCCCCCCCCCC/C=C\CCCCCCCCCCCCCCCCCC(O)C(=O)NC(CO)C(O)C(O)CCC/C=C/CCCCCCCCCCCCCCCCCCCCCCCC. The molecule has 0 saturated carbocycles. The molecule has 0 fully saturated rings. The lowest BCUT2D eigenvalue weighted by molar-refractivity contribution is -0.132. The summed E-state index contributed by atoms with van der Waals surface area (Å²) in [5.41, 5.74) is 0. The Hall–Kier alpha value is -1.21. The monoisotopic (exact) mass is 1040 g/mol. The fourth-order valence-electron chi connectivity index (χ4n) is 10.9. The van der Waals surface area contributed by atoms with Gasteiger partial charge in [0.15, 0.2) is 0 Å². The van der Waals surface area contributed by atoms with E-state index in [-0.39, 0.29) is 0 Å². The van der Waals surface area contributed by atoms with Crippen molar-refractivity contribution < 1.29 is 25.2 Å². The summed E-state index contributed by atoms with van der Waals surface area (Å²) in [6, 6.07) is -1.00. The summed E-state index contributed by atoms with van der Waals surface area (Å²) in [6.45, 7) is 4.10. The minimum absolute atomic E-state index is 0.366. The van der Waals surface area contributed by atoms with E-state index in [9.17, 15) is 25.2 Å². The standard InChI is InChI=1S/C68H133NO5/c1-3-5-7-9-11-13-15-17-19-21-23-25-27-29-31-32-33-34-36-38-40-42-44-46-48-50-52-54-56-58-60-62-66(72)68(74)69-64(63-70)67(73)65(71)61-59-57-55-53-51-49-47-45-43-41-39-37-35-30-28-26-24-22-20-18-16-14-12-10-8-6-4-2/h29,31,53,55,64-67,70-73H,3-28,30,32-52,54,56-63H2,1-2H3,(H,69,74)/b31-29-,55-53+. The van der Waals surface area contributed by atoms with Gasteiger partial charge in [0.05, 0.1) is 18.8 Å². The molecule has 0 aliphatic carbocycles. The van der Waals surface area contributed by atoms with E-state index in [1.54, 1.807) is 0 Å². The van der Waals surface area contributed by atoms with Crippen molar-refractivity contribution in [3.05, 3.63) is 24.3 Å². The molecule has 0 radical (unpaired) electrons. The first-order valence-corrected chi connectivity index (χ1v) is 33.7. The normalized spacial score (nSPS) is 13.6. The predicted octanol–water partition coefficient (Wildman–Crippen LogP) is 20.5. The van der Waals surface area contributed by atoms with Gasteiger partial charge in [-0.3, -0.25) is 4.79 Å². The van der Waals surface area contributed by atoms with Crippen LogP contribution in [0.5, 0.6) is 0 Å². The zero-order valence-electron chi connectivity index (χ0n) is 50.1. The quantitative estimate of drug-likeness (QED) is 0.0308. The number of aliphatic hydroxyl groups is 4. The number of nitrogens with one attached hydrogen (secondary N) is 1. The average Bonchev–Trinajstić information content (AvgIpc) is 3.41. The zero-order chi connectivity index (χ0) is 53.7. The number of carbonyl (C=O) groups excluding carboxylic acids is 1. The van der Waals surface area contributed by atoms with Crippen molar-refractivity contribution in [2.45, 2.75) is 398 Å². The van der Waals surface area contributed by atoms with E-state index in [2.05, 4.69) is 43.5 Å². The van der Waals surface area contributed by atoms with Crippen LogP contribution in [-0.4, -0.2) is 57.3 Å². The Kier molecular flexibility index (Phi) is 61.6. The first-order valence-electron chi connectivity index (χ1n) is 33.7. The molecule has 4 unspecified atom stereocenters. The number of hydrogen-bond acceptors (Lipinski definition) is 5. The number of unbranched alkanes of at least 4 members (excludes halogenated alkanes) is 50. The molecular formula is C68H133NO5. The zero-order valence-corrected chi connectivity index (χ0v) is 50.1. The van der Waals surface area contributed by atoms with E-state index in [1.165, 1.54) is 308 Å². The van der Waals surface area contributed by atoms with Crippen molar-refractivity contribution in [1.29, 1.82) is 0 Å². The van der Waals surface area contributed by atoms with Gasteiger partial charge in [-0.1, -0.05) is 334 Å². The maximum absolute atomic E-state index is 12.6. The predicted molar refractivity (Wildman–Crippen MR) is 325 cm³/mol. The molecule has 0 aliphatic rings. The smallest absolute Gasteiger partial charge is 0.249 e. The molecule has 0 aromatic heterocycles. The summed E-state index contributed by atoms with van der Waals surface area (Å²) in [6.07, 6.45) is 78.7. The van der Waals surface area contributed by atoms with Crippen LogP contribution in [0.25, 0.3) is 0 Å². The lowest BCUT2D eigenvalue weighted by Crippen LogP contribution is -2.53. The van der Waals surface area contributed by atoms with E-state index >= 15 is 0 Å². The molecule has 6 nitrogen and oxygen atoms in total. The average molecular weight is 1040 g/mol. The second kappa shape index (κ2) is 62.6. The van der Waals surface area contributed by atoms with Gasteiger partial charge in [0.1, 0.15) is 12.2 Å². The molecule has 1 amide bonds. The molecular weight excluding hydrogens is 911 g/mol. The highest BCUT2D eigenvalue weighted by atomic mass is 16.3. The Bertz CT molecular complexity index is 1130. The molecule has 0 spiro atoms. The van der Waals surface area contributed by atoms with E-state index in [0.717, 1.165) is 38.5 Å². The summed E-state index contributed by atoms with van der Waals surface area (Å²) < 4.78 is 0. The summed E-state index contributed by atoms with van der Waals surface area (Å²) in [4.78, 5) is 12.6. The molecule has 4 atom stereocenters. The topological polar surface area (TPSA) is 110 Å². The van der Waals surface area contributed by atoms with Gasteiger partial charge in [0.25, 0.3) is 0 Å². The minimum atomic E-state index is -1.28. The number of rotatable bonds is 63. The van der Waals surface area contributed by atoms with Crippen molar-refractivity contribution in [1.82, 2.24) is 5.32 Å². The molecule has 6 heteroatoms. The number of aliphatic hydroxyl groups excluding tert-OH is 4. The third-order valence-corrected chi connectivity index (χ3v) is 16.1. The molecule has 0 aromatic carbocycles. The van der Waals surface area contributed by atoms with Crippen molar-refractivity contribution in [3.8, 4) is 0 Å². The number of carbonyl (C=O) groups is 1. The van der Waals surface area contributed by atoms with Crippen LogP contribution in [0.1, 0.15) is 373 Å². The van der Waals surface area contributed by atoms with Gasteiger partial charge in [-0.15, -0.1) is 0 Å². The number of hydrogen-bond donors (Lipinski definition) is 5. The van der Waals surface area contributed by atoms with Crippen LogP contribution in [0, 0.1) is 0 Å². The van der Waals surface area contributed by atoms with Gasteiger partial charge in [0, 0.05) is 0 Å². The second-order valence-electron chi connectivity index (χ2n) is 23.5. The van der Waals surface area contributed by atoms with Gasteiger partial charge >= 0.3 is 0 Å². The van der Waals surface area contributed by atoms with Gasteiger partial charge < -0.3 is 25.7 Å². The third kappa shape index (κ3) is 55.5. The van der Waals surface area contributed by atoms with Crippen molar-refractivity contribution in [3.63, 3.8) is 0 Å². The minimum Gasteiger partial charge on any atom is -0.394 e. The van der Waals surface area contributed by atoms with Gasteiger partial charge in [-0.05, 0) is 64.2 Å². The molecule has 0 saturated heterocycles. The van der Waals surface area contributed by atoms with Gasteiger partial charge in [0.2, 0.25) is 5.91 Å². The summed E-state index contributed by atoms with van der Waals surface area (Å²) >= 11 is 0. The Morgan fingerprint density at radius 3 is 0.811 bits per heavy atom. The molecule has 0 aromatic rings. The third-order valence-electron chi connectivity index (χ3n) is 16.1.